The Morgan fingerprint density at radius 2 is 1.62 bits per heavy atom. The van der Waals surface area contributed by atoms with Crippen LogP contribution in [0.15, 0.2) is 60.7 Å². The Balaban J connectivity index is 1.42. The van der Waals surface area contributed by atoms with Gasteiger partial charge in [-0.05, 0) is 43.4 Å². The fourth-order valence-electron chi connectivity index (χ4n) is 3.90. The SMILES string of the molecule is O=C(N[C@@H]1C[C@H]1c1ccccc1)[C@H]1CCCCN1C(=O)c1ccccc1. The molecule has 0 unspecified atom stereocenters. The molecule has 1 saturated carbocycles. The Labute approximate surface area is 154 Å². The first kappa shape index (κ1) is 16.8. The molecule has 0 aromatic heterocycles. The first-order chi connectivity index (χ1) is 12.7. The lowest BCUT2D eigenvalue weighted by molar-refractivity contribution is -0.126. The molecule has 4 heteroatoms. The highest BCUT2D eigenvalue weighted by atomic mass is 16.2. The van der Waals surface area contributed by atoms with Crippen molar-refractivity contribution in [2.45, 2.75) is 43.7 Å². The first-order valence-corrected chi connectivity index (χ1v) is 9.45. The van der Waals surface area contributed by atoms with E-state index in [1.165, 1.54) is 5.56 Å². The van der Waals surface area contributed by atoms with Crippen molar-refractivity contribution < 1.29 is 9.59 Å². The van der Waals surface area contributed by atoms with Crippen LogP contribution in [0.2, 0.25) is 0 Å². The van der Waals surface area contributed by atoms with Crippen molar-refractivity contribution in [1.29, 1.82) is 0 Å². The highest BCUT2D eigenvalue weighted by Gasteiger charge is 2.42. The van der Waals surface area contributed by atoms with Crippen molar-refractivity contribution in [3.8, 4) is 0 Å². The molecule has 0 radical (unpaired) electrons. The molecule has 2 aromatic carbocycles. The predicted octanol–water partition coefficient (Wildman–Crippen LogP) is 3.35. The maximum Gasteiger partial charge on any atom is 0.254 e. The third-order valence-electron chi connectivity index (χ3n) is 5.43. The van der Waals surface area contributed by atoms with E-state index in [4.69, 9.17) is 0 Å². The van der Waals surface area contributed by atoms with Crippen molar-refractivity contribution in [1.82, 2.24) is 10.2 Å². The first-order valence-electron chi connectivity index (χ1n) is 9.45. The summed E-state index contributed by atoms with van der Waals surface area (Å²) in [7, 11) is 0. The van der Waals surface area contributed by atoms with Gasteiger partial charge in [-0.1, -0.05) is 48.5 Å². The number of carbonyl (C=O) groups is 2. The molecule has 1 aliphatic heterocycles. The van der Waals surface area contributed by atoms with Crippen LogP contribution in [0.3, 0.4) is 0 Å². The summed E-state index contributed by atoms with van der Waals surface area (Å²) in [4.78, 5) is 27.5. The summed E-state index contributed by atoms with van der Waals surface area (Å²) < 4.78 is 0. The largest absolute Gasteiger partial charge is 0.351 e. The maximum absolute atomic E-state index is 12.9. The maximum atomic E-state index is 12.9. The molecular weight excluding hydrogens is 324 g/mol. The number of amides is 2. The van der Waals surface area contributed by atoms with Crippen LogP contribution in [-0.2, 0) is 4.79 Å². The van der Waals surface area contributed by atoms with Crippen LogP contribution in [0.1, 0.15) is 47.5 Å². The Kier molecular flexibility index (Phi) is 4.74. The summed E-state index contributed by atoms with van der Waals surface area (Å²) in [5.41, 5.74) is 1.93. The molecule has 4 nitrogen and oxygen atoms in total. The Morgan fingerprint density at radius 3 is 2.35 bits per heavy atom. The van der Waals surface area contributed by atoms with Gasteiger partial charge in [-0.25, -0.2) is 0 Å². The predicted molar refractivity (Wildman–Crippen MR) is 101 cm³/mol. The second kappa shape index (κ2) is 7.32. The number of nitrogens with zero attached hydrogens (tertiary/aromatic N) is 1. The van der Waals surface area contributed by atoms with Crippen LogP contribution in [-0.4, -0.2) is 35.3 Å². The number of nitrogens with one attached hydrogen (secondary N) is 1. The van der Waals surface area contributed by atoms with Gasteiger partial charge in [-0.2, -0.15) is 0 Å². The van der Waals surface area contributed by atoms with Crippen LogP contribution < -0.4 is 5.32 Å². The summed E-state index contributed by atoms with van der Waals surface area (Å²) in [5, 5.41) is 3.18. The van der Waals surface area contributed by atoms with Crippen molar-refractivity contribution in [2.75, 3.05) is 6.54 Å². The zero-order valence-corrected chi connectivity index (χ0v) is 14.8. The van der Waals surface area contributed by atoms with Crippen molar-refractivity contribution in [3.63, 3.8) is 0 Å². The average molecular weight is 348 g/mol. The minimum atomic E-state index is -0.353. The Bertz CT molecular complexity index is 775. The Hall–Kier alpha value is -2.62. The molecule has 2 fully saturated rings. The number of benzene rings is 2. The molecule has 0 spiro atoms. The third kappa shape index (κ3) is 3.50. The molecule has 2 aliphatic rings. The van der Waals surface area contributed by atoms with Crippen LogP contribution in [0, 0.1) is 0 Å². The molecule has 26 heavy (non-hydrogen) atoms. The molecule has 1 aliphatic carbocycles. The van der Waals surface area contributed by atoms with Crippen molar-refractivity contribution in [3.05, 3.63) is 71.8 Å². The fraction of sp³-hybridized carbons (Fsp3) is 0.364. The molecule has 3 atom stereocenters. The van der Waals surface area contributed by atoms with E-state index < -0.39 is 0 Å². The lowest BCUT2D eigenvalue weighted by Crippen LogP contribution is -2.52. The van der Waals surface area contributed by atoms with E-state index in [-0.39, 0.29) is 23.9 Å². The number of rotatable bonds is 4. The Morgan fingerprint density at radius 1 is 0.923 bits per heavy atom. The lowest BCUT2D eigenvalue weighted by atomic mass is 10.00. The van der Waals surface area contributed by atoms with E-state index in [1.807, 2.05) is 48.5 Å². The lowest BCUT2D eigenvalue weighted by Gasteiger charge is -2.35. The molecule has 0 bridgehead atoms. The smallest absolute Gasteiger partial charge is 0.254 e. The zero-order valence-electron chi connectivity index (χ0n) is 14.8. The van der Waals surface area contributed by atoms with Crippen LogP contribution >= 0.6 is 0 Å². The number of likely N-dealkylation sites (tertiary alicyclic amines) is 1. The molecule has 1 N–H and O–H groups in total. The summed E-state index contributed by atoms with van der Waals surface area (Å²) in [6.07, 6.45) is 3.67. The van der Waals surface area contributed by atoms with Crippen molar-refractivity contribution in [2.24, 2.45) is 0 Å². The van der Waals surface area contributed by atoms with Crippen LogP contribution in [0.5, 0.6) is 0 Å². The van der Waals surface area contributed by atoms with Crippen molar-refractivity contribution >= 4 is 11.8 Å². The van der Waals surface area contributed by atoms with Gasteiger partial charge >= 0.3 is 0 Å². The molecule has 2 amide bonds. The normalized spacial score (nSPS) is 24.8. The van der Waals surface area contributed by atoms with E-state index in [9.17, 15) is 9.59 Å². The van der Waals surface area contributed by atoms with E-state index in [0.29, 0.717) is 18.0 Å². The van der Waals surface area contributed by atoms with Gasteiger partial charge in [0.25, 0.3) is 5.91 Å². The number of hydrogen-bond acceptors (Lipinski definition) is 2. The summed E-state index contributed by atoms with van der Waals surface area (Å²) in [6.45, 7) is 0.651. The molecular formula is C22H24N2O2. The topological polar surface area (TPSA) is 49.4 Å². The second-order valence-electron chi connectivity index (χ2n) is 7.24. The summed E-state index contributed by atoms with van der Waals surface area (Å²) >= 11 is 0. The fourth-order valence-corrected chi connectivity index (χ4v) is 3.90. The monoisotopic (exact) mass is 348 g/mol. The molecule has 1 heterocycles. The van der Waals surface area contributed by atoms with E-state index in [2.05, 4.69) is 17.4 Å². The number of piperidine rings is 1. The van der Waals surface area contributed by atoms with Gasteiger partial charge < -0.3 is 10.2 Å². The standard InChI is InChI=1S/C22H24N2O2/c25-21(23-19-15-18(19)16-9-3-1-4-10-16)20-13-7-8-14-24(20)22(26)17-11-5-2-6-12-17/h1-6,9-12,18-20H,7-8,13-15H2,(H,23,25)/t18-,19+,20+/m0/s1. The summed E-state index contributed by atoms with van der Waals surface area (Å²) in [5.74, 6) is 0.361. The quantitative estimate of drug-likeness (QED) is 0.921. The minimum absolute atomic E-state index is 0.00240. The molecule has 1 saturated heterocycles. The minimum Gasteiger partial charge on any atom is -0.351 e. The van der Waals surface area contributed by atoms with Gasteiger partial charge in [0.05, 0.1) is 0 Å². The highest BCUT2D eigenvalue weighted by molar-refractivity contribution is 5.97. The van der Waals surface area contributed by atoms with Gasteiger partial charge in [0.2, 0.25) is 5.91 Å². The number of hydrogen-bond donors (Lipinski definition) is 1. The van der Waals surface area contributed by atoms with Gasteiger partial charge in [0.1, 0.15) is 6.04 Å². The average Bonchev–Trinajstić information content (AvgIpc) is 3.48. The van der Waals surface area contributed by atoms with E-state index in [0.717, 1.165) is 25.7 Å². The molecule has 4 rings (SSSR count). The van der Waals surface area contributed by atoms with Crippen LogP contribution in [0.25, 0.3) is 0 Å². The summed E-state index contributed by atoms with van der Waals surface area (Å²) in [6, 6.07) is 19.4. The van der Waals surface area contributed by atoms with Gasteiger partial charge in [-0.15, -0.1) is 0 Å². The molecule has 2 aromatic rings. The second-order valence-corrected chi connectivity index (χ2v) is 7.24. The zero-order chi connectivity index (χ0) is 17.9. The number of carbonyl (C=O) groups excluding carboxylic acids is 2. The van der Waals surface area contributed by atoms with Crippen LogP contribution in [0.4, 0.5) is 0 Å². The molecule has 134 valence electrons. The van der Waals surface area contributed by atoms with Gasteiger partial charge in [0, 0.05) is 24.1 Å². The van der Waals surface area contributed by atoms with Gasteiger partial charge in [0.15, 0.2) is 0 Å². The third-order valence-corrected chi connectivity index (χ3v) is 5.43. The van der Waals surface area contributed by atoms with E-state index in [1.54, 1.807) is 4.90 Å². The van der Waals surface area contributed by atoms with Gasteiger partial charge in [-0.3, -0.25) is 9.59 Å². The highest BCUT2D eigenvalue weighted by Crippen LogP contribution is 2.40. The van der Waals surface area contributed by atoms with E-state index >= 15 is 0 Å².